The first-order valence-electron chi connectivity index (χ1n) is 4.27. The highest BCUT2D eigenvalue weighted by atomic mass is 16.5. The number of ether oxygens (including phenoxy) is 1. The molecule has 0 aromatic carbocycles. The average molecular weight is 184 g/mol. The summed E-state index contributed by atoms with van der Waals surface area (Å²) in [4.78, 5) is 10.9. The standard InChI is InChI=1S/C10H16O3/c1-3-4-5-6-10(12)13-8-9(2)7-11/h3-6,9,11H,7-8H2,1-2H3/b4-3+,6-5+. The van der Waals surface area contributed by atoms with Crippen LogP contribution in [0.15, 0.2) is 24.3 Å². The van der Waals surface area contributed by atoms with Crippen molar-refractivity contribution in [3.8, 4) is 0 Å². The summed E-state index contributed by atoms with van der Waals surface area (Å²) >= 11 is 0. The van der Waals surface area contributed by atoms with Crippen LogP contribution >= 0.6 is 0 Å². The number of esters is 1. The molecule has 0 aromatic heterocycles. The van der Waals surface area contributed by atoms with Crippen LogP contribution in [0.2, 0.25) is 0 Å². The molecule has 1 atom stereocenters. The molecule has 1 N–H and O–H groups in total. The van der Waals surface area contributed by atoms with Gasteiger partial charge in [0, 0.05) is 18.6 Å². The summed E-state index contributed by atoms with van der Waals surface area (Å²) in [6.45, 7) is 3.97. The Kier molecular flexibility index (Phi) is 6.92. The maximum atomic E-state index is 10.9. The van der Waals surface area contributed by atoms with Gasteiger partial charge in [0.05, 0.1) is 6.61 Å². The van der Waals surface area contributed by atoms with E-state index in [4.69, 9.17) is 9.84 Å². The summed E-state index contributed by atoms with van der Waals surface area (Å²) in [6.07, 6.45) is 6.53. The van der Waals surface area contributed by atoms with Crippen LogP contribution in [0.3, 0.4) is 0 Å². The average Bonchev–Trinajstić information content (AvgIpc) is 2.14. The number of aliphatic hydroxyl groups excluding tert-OH is 1. The van der Waals surface area contributed by atoms with Gasteiger partial charge in [0.25, 0.3) is 0 Å². The maximum absolute atomic E-state index is 10.9. The Morgan fingerprint density at radius 3 is 2.77 bits per heavy atom. The van der Waals surface area contributed by atoms with Gasteiger partial charge in [-0.2, -0.15) is 0 Å². The van der Waals surface area contributed by atoms with Crippen LogP contribution < -0.4 is 0 Å². The Labute approximate surface area is 78.7 Å². The van der Waals surface area contributed by atoms with E-state index in [9.17, 15) is 4.79 Å². The molecule has 0 aliphatic heterocycles. The smallest absolute Gasteiger partial charge is 0.330 e. The van der Waals surface area contributed by atoms with Gasteiger partial charge in [-0.25, -0.2) is 4.79 Å². The molecule has 0 aliphatic rings. The van der Waals surface area contributed by atoms with Crippen molar-refractivity contribution in [2.75, 3.05) is 13.2 Å². The molecule has 13 heavy (non-hydrogen) atoms. The van der Waals surface area contributed by atoms with Crippen molar-refractivity contribution in [2.24, 2.45) is 5.92 Å². The number of allylic oxidation sites excluding steroid dienone is 3. The molecule has 0 rings (SSSR count). The molecule has 74 valence electrons. The van der Waals surface area contributed by atoms with Crippen molar-refractivity contribution in [1.29, 1.82) is 0 Å². The second-order valence-corrected chi connectivity index (χ2v) is 2.80. The lowest BCUT2D eigenvalue weighted by Crippen LogP contribution is -2.12. The minimum atomic E-state index is -0.376. The zero-order valence-corrected chi connectivity index (χ0v) is 8.06. The maximum Gasteiger partial charge on any atom is 0.330 e. The van der Waals surface area contributed by atoms with Crippen molar-refractivity contribution < 1.29 is 14.6 Å². The molecule has 1 unspecified atom stereocenters. The molecule has 3 heteroatoms. The van der Waals surface area contributed by atoms with E-state index in [1.165, 1.54) is 6.08 Å². The minimum Gasteiger partial charge on any atom is -0.462 e. The van der Waals surface area contributed by atoms with Crippen molar-refractivity contribution in [2.45, 2.75) is 13.8 Å². The summed E-state index contributed by atoms with van der Waals surface area (Å²) in [7, 11) is 0. The molecule has 3 nitrogen and oxygen atoms in total. The van der Waals surface area contributed by atoms with Crippen molar-refractivity contribution >= 4 is 5.97 Å². The molecular formula is C10H16O3. The van der Waals surface area contributed by atoms with E-state index in [0.717, 1.165) is 0 Å². The number of aliphatic hydroxyl groups is 1. The Morgan fingerprint density at radius 2 is 2.23 bits per heavy atom. The molecule has 0 amide bonds. The van der Waals surface area contributed by atoms with E-state index in [0.29, 0.717) is 0 Å². The SMILES string of the molecule is C/C=C/C=C/C(=O)OCC(C)CO. The monoisotopic (exact) mass is 184 g/mol. The largest absolute Gasteiger partial charge is 0.462 e. The molecule has 0 saturated carbocycles. The number of hydrogen-bond donors (Lipinski definition) is 1. The molecule has 0 radical (unpaired) electrons. The molecule has 0 saturated heterocycles. The Balaban J connectivity index is 3.63. The van der Waals surface area contributed by atoms with Gasteiger partial charge < -0.3 is 9.84 Å². The van der Waals surface area contributed by atoms with Crippen LogP contribution in [0.4, 0.5) is 0 Å². The second kappa shape index (κ2) is 7.55. The van der Waals surface area contributed by atoms with Gasteiger partial charge in [0.1, 0.15) is 0 Å². The van der Waals surface area contributed by atoms with Crippen LogP contribution in [0.5, 0.6) is 0 Å². The number of rotatable bonds is 5. The fraction of sp³-hybridized carbons (Fsp3) is 0.500. The third-order valence-electron chi connectivity index (χ3n) is 1.36. The molecule has 0 aliphatic carbocycles. The van der Waals surface area contributed by atoms with Gasteiger partial charge >= 0.3 is 5.97 Å². The highest BCUT2D eigenvalue weighted by Crippen LogP contribution is 1.94. The first-order chi connectivity index (χ1) is 6.20. The highest BCUT2D eigenvalue weighted by Gasteiger charge is 2.02. The highest BCUT2D eigenvalue weighted by molar-refractivity contribution is 5.82. The fourth-order valence-corrected chi connectivity index (χ4v) is 0.570. The number of carbonyl (C=O) groups is 1. The van der Waals surface area contributed by atoms with E-state index in [1.54, 1.807) is 12.2 Å². The minimum absolute atomic E-state index is 0.000864. The van der Waals surface area contributed by atoms with Crippen LogP contribution in [0.25, 0.3) is 0 Å². The summed E-state index contributed by atoms with van der Waals surface area (Å²) < 4.78 is 4.82. The normalized spacial score (nSPS) is 13.8. The third-order valence-corrected chi connectivity index (χ3v) is 1.36. The fourth-order valence-electron chi connectivity index (χ4n) is 0.570. The van der Waals surface area contributed by atoms with Gasteiger partial charge in [0.2, 0.25) is 0 Å². The van der Waals surface area contributed by atoms with Gasteiger partial charge in [-0.15, -0.1) is 0 Å². The van der Waals surface area contributed by atoms with Crippen LogP contribution in [-0.2, 0) is 9.53 Å². The first kappa shape index (κ1) is 11.9. The third kappa shape index (κ3) is 7.28. The summed E-state index contributed by atoms with van der Waals surface area (Å²) in [5.74, 6) is -0.377. The molecule has 0 aromatic rings. The van der Waals surface area contributed by atoms with Gasteiger partial charge in [-0.1, -0.05) is 25.2 Å². The summed E-state index contributed by atoms with van der Waals surface area (Å²) in [6, 6.07) is 0. The quantitative estimate of drug-likeness (QED) is 0.398. The predicted octanol–water partition coefficient (Wildman–Crippen LogP) is 1.29. The van der Waals surface area contributed by atoms with E-state index in [2.05, 4.69) is 0 Å². The number of hydrogen-bond acceptors (Lipinski definition) is 3. The van der Waals surface area contributed by atoms with Crippen LogP contribution in [0.1, 0.15) is 13.8 Å². The van der Waals surface area contributed by atoms with Gasteiger partial charge in [-0.3, -0.25) is 0 Å². The molecule has 0 fully saturated rings. The lowest BCUT2D eigenvalue weighted by Gasteiger charge is -2.06. The van der Waals surface area contributed by atoms with Gasteiger partial charge in [0.15, 0.2) is 0 Å². The molecular weight excluding hydrogens is 168 g/mol. The predicted molar refractivity (Wildman–Crippen MR) is 51.2 cm³/mol. The van der Waals surface area contributed by atoms with Crippen LogP contribution in [0, 0.1) is 5.92 Å². The second-order valence-electron chi connectivity index (χ2n) is 2.80. The summed E-state index contributed by atoms with van der Waals surface area (Å²) in [5.41, 5.74) is 0. The van der Waals surface area contributed by atoms with Gasteiger partial charge in [-0.05, 0) is 6.92 Å². The van der Waals surface area contributed by atoms with E-state index >= 15 is 0 Å². The molecule has 0 spiro atoms. The van der Waals surface area contributed by atoms with E-state index in [-0.39, 0.29) is 25.1 Å². The lowest BCUT2D eigenvalue weighted by atomic mass is 10.2. The molecule has 0 bridgehead atoms. The Bertz CT molecular complexity index is 194. The summed E-state index contributed by atoms with van der Waals surface area (Å²) in [5, 5.41) is 8.64. The van der Waals surface area contributed by atoms with E-state index in [1.807, 2.05) is 19.9 Å². The Morgan fingerprint density at radius 1 is 1.54 bits per heavy atom. The van der Waals surface area contributed by atoms with Crippen molar-refractivity contribution in [3.63, 3.8) is 0 Å². The zero-order valence-electron chi connectivity index (χ0n) is 8.06. The van der Waals surface area contributed by atoms with Crippen molar-refractivity contribution in [3.05, 3.63) is 24.3 Å². The first-order valence-corrected chi connectivity index (χ1v) is 4.27. The zero-order chi connectivity index (χ0) is 10.1. The molecule has 0 heterocycles. The topological polar surface area (TPSA) is 46.5 Å². The van der Waals surface area contributed by atoms with E-state index < -0.39 is 0 Å². The lowest BCUT2D eigenvalue weighted by molar-refractivity contribution is -0.139. The number of carbonyl (C=O) groups excluding carboxylic acids is 1. The van der Waals surface area contributed by atoms with Crippen molar-refractivity contribution in [1.82, 2.24) is 0 Å². The van der Waals surface area contributed by atoms with Crippen LogP contribution in [-0.4, -0.2) is 24.3 Å². The Hall–Kier alpha value is -1.09.